The highest BCUT2D eigenvalue weighted by Gasteiger charge is 2.19. The molecule has 79 heavy (non-hydrogen) atoms. The van der Waals surface area contributed by atoms with E-state index in [1.54, 1.807) is 0 Å². The topological polar surface area (TPSA) is 78.9 Å². The van der Waals surface area contributed by atoms with Gasteiger partial charge in [0.25, 0.3) is 0 Å². The van der Waals surface area contributed by atoms with Gasteiger partial charge in [-0.25, -0.2) is 0 Å². The van der Waals surface area contributed by atoms with Crippen LogP contribution in [0.1, 0.15) is 252 Å². The van der Waals surface area contributed by atoms with Crippen molar-refractivity contribution in [2.24, 2.45) is 0 Å². The molecule has 0 radical (unpaired) electrons. The quantitative estimate of drug-likeness (QED) is 0.0261. The zero-order chi connectivity index (χ0) is 57.1. The van der Waals surface area contributed by atoms with Crippen LogP contribution in [0.4, 0.5) is 0 Å². The van der Waals surface area contributed by atoms with Crippen molar-refractivity contribution in [3.05, 3.63) is 170 Å². The monoisotopic (exact) mass is 1090 g/mol. The number of rotatable bonds is 55. The zero-order valence-electron chi connectivity index (χ0n) is 50.6. The molecule has 6 nitrogen and oxygen atoms in total. The van der Waals surface area contributed by atoms with E-state index in [0.29, 0.717) is 19.3 Å². The highest BCUT2D eigenvalue weighted by Crippen LogP contribution is 2.14. The minimum atomic E-state index is -0.825. The van der Waals surface area contributed by atoms with Crippen molar-refractivity contribution in [1.29, 1.82) is 0 Å². The number of esters is 3. The molecule has 0 heterocycles. The van der Waals surface area contributed by atoms with Gasteiger partial charge in [0.15, 0.2) is 6.10 Å². The second-order valence-corrected chi connectivity index (χ2v) is 20.2. The summed E-state index contributed by atoms with van der Waals surface area (Å²) in [6.45, 7) is 6.30. The summed E-state index contributed by atoms with van der Waals surface area (Å²) >= 11 is 0. The lowest BCUT2D eigenvalue weighted by molar-refractivity contribution is -0.167. The highest BCUT2D eigenvalue weighted by molar-refractivity contribution is 5.71. The lowest BCUT2D eigenvalue weighted by atomic mass is 10.1. The van der Waals surface area contributed by atoms with Gasteiger partial charge in [-0.05, 0) is 141 Å². The first-order valence-corrected chi connectivity index (χ1v) is 31.6. The zero-order valence-corrected chi connectivity index (χ0v) is 50.6. The molecule has 0 N–H and O–H groups in total. The largest absolute Gasteiger partial charge is 0.462 e. The van der Waals surface area contributed by atoms with Gasteiger partial charge in [0.1, 0.15) is 13.2 Å². The van der Waals surface area contributed by atoms with Gasteiger partial charge in [-0.2, -0.15) is 0 Å². The van der Waals surface area contributed by atoms with Crippen molar-refractivity contribution in [2.45, 2.75) is 258 Å². The van der Waals surface area contributed by atoms with Gasteiger partial charge in [-0.3, -0.25) is 14.4 Å². The average molecular weight is 1090 g/mol. The second-order valence-electron chi connectivity index (χ2n) is 20.2. The molecule has 0 bridgehead atoms. The number of carbonyl (C=O) groups is 3. The fourth-order valence-electron chi connectivity index (χ4n) is 8.00. The lowest BCUT2D eigenvalue weighted by Gasteiger charge is -2.18. The van der Waals surface area contributed by atoms with E-state index in [-0.39, 0.29) is 37.5 Å². The predicted molar refractivity (Wildman–Crippen MR) is 343 cm³/mol. The number of ether oxygens (including phenoxy) is 3. The normalized spacial score (nSPS) is 13.3. The molecule has 6 heteroatoms. The third-order valence-corrected chi connectivity index (χ3v) is 12.7. The molecule has 0 spiro atoms. The molecule has 0 aromatic rings. The van der Waals surface area contributed by atoms with Crippen LogP contribution >= 0.6 is 0 Å². The van der Waals surface area contributed by atoms with E-state index < -0.39 is 6.10 Å². The summed E-state index contributed by atoms with van der Waals surface area (Å²) in [5, 5.41) is 0. The number of unbranched alkanes of at least 4 members (excludes halogenated alkanes) is 16. The minimum absolute atomic E-state index is 0.116. The molecule has 0 aliphatic heterocycles. The fourth-order valence-corrected chi connectivity index (χ4v) is 8.00. The van der Waals surface area contributed by atoms with E-state index >= 15 is 0 Å². The molecule has 442 valence electrons. The van der Waals surface area contributed by atoms with E-state index in [9.17, 15) is 14.4 Å². The molecule has 0 aliphatic rings. The Kier molecular flexibility index (Phi) is 61.0. The van der Waals surface area contributed by atoms with Crippen LogP contribution in [0, 0.1) is 0 Å². The van der Waals surface area contributed by atoms with Crippen molar-refractivity contribution in [3.8, 4) is 0 Å². The fraction of sp³-hybridized carbons (Fsp3) is 0.575. The smallest absolute Gasteiger partial charge is 0.306 e. The summed E-state index contributed by atoms with van der Waals surface area (Å²) in [7, 11) is 0. The Balaban J connectivity index is 4.44. The number of hydrogen-bond acceptors (Lipinski definition) is 6. The Morgan fingerprint density at radius 3 is 0.823 bits per heavy atom. The molecular formula is C73H114O6. The van der Waals surface area contributed by atoms with Gasteiger partial charge < -0.3 is 14.2 Å². The Bertz CT molecular complexity index is 1820. The van der Waals surface area contributed by atoms with Crippen LogP contribution in [0.15, 0.2) is 170 Å². The van der Waals surface area contributed by atoms with Crippen molar-refractivity contribution in [1.82, 2.24) is 0 Å². The summed E-state index contributed by atoms with van der Waals surface area (Å²) in [5.74, 6) is -1.00. The Labute approximate surface area is 485 Å². The molecular weight excluding hydrogens is 973 g/mol. The van der Waals surface area contributed by atoms with E-state index in [0.717, 1.165) is 148 Å². The standard InChI is InChI=1S/C73H114O6/c1-4-7-10-13-16-19-22-24-26-28-30-32-34-35-36-37-39-40-42-44-46-48-51-54-57-60-63-66-72(75)78-69-70(68-77-71(74)65-62-59-56-53-50-21-18-15-12-9-6-3)79-73(76)67-64-61-58-55-52-49-47-45-43-41-38-33-31-29-27-25-23-20-17-14-11-8-5-2/h7-8,10-11,15-20,24-27,30-33,35-36,39-41,43,47,49,55,58,70H,4-6,9,12-14,21-23,28-29,34,37-38,42,44-46,48,50-54,56-57,59-69H2,1-3H3/b10-7-,11-8-,18-15-,19-16-,20-17-,26-24-,27-25-,32-30-,33-31-,36-35-,40-39-,43-41-,49-47-,58-55-. The number of allylic oxidation sites excluding steroid dienone is 28. The van der Waals surface area contributed by atoms with Crippen LogP contribution in [-0.2, 0) is 28.6 Å². The molecule has 0 rings (SSSR count). The summed E-state index contributed by atoms with van der Waals surface area (Å²) in [6, 6.07) is 0. The number of carbonyl (C=O) groups excluding carboxylic acids is 3. The van der Waals surface area contributed by atoms with Crippen LogP contribution in [0.25, 0.3) is 0 Å². The van der Waals surface area contributed by atoms with Crippen molar-refractivity contribution in [3.63, 3.8) is 0 Å². The average Bonchev–Trinajstić information content (AvgIpc) is 3.45. The summed E-state index contributed by atoms with van der Waals surface area (Å²) in [5.41, 5.74) is 0. The first-order valence-electron chi connectivity index (χ1n) is 31.6. The van der Waals surface area contributed by atoms with Crippen LogP contribution in [-0.4, -0.2) is 37.2 Å². The molecule has 0 amide bonds. The van der Waals surface area contributed by atoms with Crippen LogP contribution < -0.4 is 0 Å². The summed E-state index contributed by atoms with van der Waals surface area (Å²) in [4.78, 5) is 38.2. The summed E-state index contributed by atoms with van der Waals surface area (Å²) in [6.07, 6.45) is 96.5. The molecule has 0 aromatic heterocycles. The first-order chi connectivity index (χ1) is 39.0. The molecule has 1 unspecified atom stereocenters. The van der Waals surface area contributed by atoms with Gasteiger partial charge in [0.2, 0.25) is 0 Å². The van der Waals surface area contributed by atoms with Gasteiger partial charge in [-0.1, -0.05) is 262 Å². The Hall–Kier alpha value is -5.23. The van der Waals surface area contributed by atoms with E-state index in [2.05, 4.69) is 191 Å². The van der Waals surface area contributed by atoms with Crippen LogP contribution in [0.3, 0.4) is 0 Å². The molecule has 0 saturated carbocycles. The van der Waals surface area contributed by atoms with Crippen LogP contribution in [0.2, 0.25) is 0 Å². The van der Waals surface area contributed by atoms with E-state index in [1.807, 2.05) is 0 Å². The minimum Gasteiger partial charge on any atom is -0.462 e. The molecule has 0 saturated heterocycles. The van der Waals surface area contributed by atoms with Crippen molar-refractivity contribution < 1.29 is 28.6 Å². The van der Waals surface area contributed by atoms with E-state index in [1.165, 1.54) is 57.8 Å². The Morgan fingerprint density at radius 2 is 0.506 bits per heavy atom. The maximum absolute atomic E-state index is 12.9. The van der Waals surface area contributed by atoms with Crippen molar-refractivity contribution in [2.75, 3.05) is 13.2 Å². The predicted octanol–water partition coefficient (Wildman–Crippen LogP) is 21.9. The highest BCUT2D eigenvalue weighted by atomic mass is 16.6. The SMILES string of the molecule is CC/C=C\C/C=C\C/C=C\C/C=C\C/C=C\C/C=C\C/C=C\CCCC(=O)OC(COC(=O)CCCCCCC/C=C\CCCC)COC(=O)CCCCCCCCCC/C=C\C/C=C\C/C=C\C/C=C\C/C=C\C/C=C\CC. The maximum Gasteiger partial charge on any atom is 0.306 e. The lowest BCUT2D eigenvalue weighted by Crippen LogP contribution is -2.30. The molecule has 1 atom stereocenters. The molecule has 0 aromatic carbocycles. The van der Waals surface area contributed by atoms with Crippen molar-refractivity contribution >= 4 is 17.9 Å². The maximum atomic E-state index is 12.9. The first kappa shape index (κ1) is 73.8. The second kappa shape index (κ2) is 65.3. The third kappa shape index (κ3) is 63.5. The molecule has 0 aliphatic carbocycles. The summed E-state index contributed by atoms with van der Waals surface area (Å²) < 4.78 is 16.8. The number of hydrogen-bond donors (Lipinski definition) is 0. The van der Waals surface area contributed by atoms with Gasteiger partial charge in [0.05, 0.1) is 0 Å². The Morgan fingerprint density at radius 1 is 0.266 bits per heavy atom. The van der Waals surface area contributed by atoms with Gasteiger partial charge in [-0.15, -0.1) is 0 Å². The van der Waals surface area contributed by atoms with Gasteiger partial charge >= 0.3 is 17.9 Å². The third-order valence-electron chi connectivity index (χ3n) is 12.7. The van der Waals surface area contributed by atoms with Gasteiger partial charge in [0, 0.05) is 19.3 Å². The molecule has 0 fully saturated rings. The van der Waals surface area contributed by atoms with E-state index in [4.69, 9.17) is 14.2 Å². The van der Waals surface area contributed by atoms with Crippen LogP contribution in [0.5, 0.6) is 0 Å².